The first-order valence-corrected chi connectivity index (χ1v) is 12.6. The van der Waals surface area contributed by atoms with Crippen molar-refractivity contribution in [3.63, 3.8) is 0 Å². The van der Waals surface area contributed by atoms with Crippen molar-refractivity contribution in [3.8, 4) is 5.69 Å². The van der Waals surface area contributed by atoms with Gasteiger partial charge in [-0.05, 0) is 54.1 Å². The summed E-state index contributed by atoms with van der Waals surface area (Å²) in [6.07, 6.45) is 8.51. The highest BCUT2D eigenvalue weighted by atomic mass is 15.6. The lowest BCUT2D eigenvalue weighted by atomic mass is 10.1. The fourth-order valence-electron chi connectivity index (χ4n) is 4.80. The quantitative estimate of drug-likeness (QED) is 0.442. The number of rotatable bonds is 9. The summed E-state index contributed by atoms with van der Waals surface area (Å²) in [5, 5.41) is 13.1. The van der Waals surface area contributed by atoms with Crippen molar-refractivity contribution in [1.29, 1.82) is 0 Å². The van der Waals surface area contributed by atoms with Crippen molar-refractivity contribution in [2.24, 2.45) is 0 Å². The molecule has 0 unspecified atom stereocenters. The summed E-state index contributed by atoms with van der Waals surface area (Å²) < 4.78 is 1.90. The third kappa shape index (κ3) is 5.80. The number of allylic oxidation sites excluding steroid dienone is 1. The fourth-order valence-corrected chi connectivity index (χ4v) is 4.80. The van der Waals surface area contributed by atoms with Gasteiger partial charge in [0.05, 0.1) is 5.69 Å². The Labute approximate surface area is 215 Å². The Bertz CT molecular complexity index is 1180. The van der Waals surface area contributed by atoms with Gasteiger partial charge in [0.2, 0.25) is 0 Å². The van der Waals surface area contributed by atoms with Crippen LogP contribution in [-0.2, 0) is 0 Å². The van der Waals surface area contributed by atoms with Crippen LogP contribution in [0.3, 0.4) is 0 Å². The van der Waals surface area contributed by atoms with Crippen LogP contribution in [0, 0.1) is 13.8 Å². The normalized spacial score (nSPS) is 16.1. The number of aromatic nitrogens is 4. The number of tetrazole rings is 1. The van der Waals surface area contributed by atoms with Crippen molar-refractivity contribution in [2.75, 3.05) is 39.8 Å². The van der Waals surface area contributed by atoms with Gasteiger partial charge in [0.15, 0.2) is 5.82 Å². The Morgan fingerprint density at radius 3 is 2.39 bits per heavy atom. The number of nitrogens with zero attached hydrogens (tertiary/aromatic N) is 7. The first-order chi connectivity index (χ1) is 17.5. The van der Waals surface area contributed by atoms with Gasteiger partial charge in [0.25, 0.3) is 0 Å². The van der Waals surface area contributed by atoms with Gasteiger partial charge < -0.3 is 4.90 Å². The van der Waals surface area contributed by atoms with Gasteiger partial charge >= 0.3 is 0 Å². The molecule has 0 spiro atoms. The van der Waals surface area contributed by atoms with E-state index in [1.54, 1.807) is 0 Å². The van der Waals surface area contributed by atoms with Crippen molar-refractivity contribution >= 4 is 6.08 Å². The molecular formula is C29H37N7. The number of aryl methyl sites for hydroxylation is 2. The lowest BCUT2D eigenvalue weighted by molar-refractivity contribution is 0.104. The molecule has 1 aliphatic heterocycles. The van der Waals surface area contributed by atoms with E-state index in [-0.39, 0.29) is 6.04 Å². The van der Waals surface area contributed by atoms with E-state index in [1.807, 2.05) is 37.0 Å². The number of para-hydroxylation sites is 1. The average Bonchev–Trinajstić information content (AvgIpc) is 3.34. The highest BCUT2D eigenvalue weighted by molar-refractivity contribution is 5.49. The molecule has 1 aliphatic rings. The number of piperazine rings is 1. The van der Waals surface area contributed by atoms with E-state index in [1.165, 1.54) is 5.56 Å². The maximum atomic E-state index is 4.54. The van der Waals surface area contributed by atoms with E-state index in [4.69, 9.17) is 0 Å². The second kappa shape index (κ2) is 11.9. The third-order valence-corrected chi connectivity index (χ3v) is 6.78. The molecule has 0 bridgehead atoms. The van der Waals surface area contributed by atoms with Gasteiger partial charge in [-0.1, -0.05) is 73.3 Å². The van der Waals surface area contributed by atoms with Crippen LogP contribution in [0.2, 0.25) is 0 Å². The molecule has 36 heavy (non-hydrogen) atoms. The zero-order valence-electron chi connectivity index (χ0n) is 21.9. The summed E-state index contributed by atoms with van der Waals surface area (Å²) >= 11 is 0. The second-order valence-electron chi connectivity index (χ2n) is 9.33. The lowest BCUT2D eigenvalue weighted by Gasteiger charge is -2.40. The highest BCUT2D eigenvalue weighted by Crippen LogP contribution is 2.31. The second-order valence-corrected chi connectivity index (χ2v) is 9.33. The Kier molecular flexibility index (Phi) is 8.46. The molecule has 4 rings (SSSR count). The smallest absolute Gasteiger partial charge is 0.179 e. The topological polar surface area (TPSA) is 53.3 Å². The summed E-state index contributed by atoms with van der Waals surface area (Å²) in [7, 11) is 2.03. The molecule has 1 aromatic heterocycles. The largest absolute Gasteiger partial charge is 0.353 e. The molecule has 1 fully saturated rings. The third-order valence-electron chi connectivity index (χ3n) is 6.78. The van der Waals surface area contributed by atoms with Crippen LogP contribution in [-0.4, -0.2) is 74.7 Å². The SMILES string of the molecule is C=C([C@@H](c1nnnn1-c1c(C)cccc1C)N1CCN(C/C=C/c2ccccc2)CC1)N(C)/C=C\C. The molecule has 0 amide bonds. The first kappa shape index (κ1) is 25.5. The predicted octanol–water partition coefficient (Wildman–Crippen LogP) is 4.63. The number of hydrogen-bond acceptors (Lipinski definition) is 6. The van der Waals surface area contributed by atoms with Crippen molar-refractivity contribution in [2.45, 2.75) is 26.8 Å². The Balaban J connectivity index is 1.55. The van der Waals surface area contributed by atoms with Crippen molar-refractivity contribution < 1.29 is 0 Å². The maximum absolute atomic E-state index is 4.54. The van der Waals surface area contributed by atoms with Gasteiger partial charge in [-0.3, -0.25) is 9.80 Å². The monoisotopic (exact) mass is 483 g/mol. The van der Waals surface area contributed by atoms with Gasteiger partial charge in [0, 0.05) is 45.5 Å². The molecule has 0 saturated carbocycles. The molecule has 1 atom stereocenters. The van der Waals surface area contributed by atoms with Crippen LogP contribution in [0.1, 0.15) is 35.5 Å². The molecule has 7 nitrogen and oxygen atoms in total. The summed E-state index contributed by atoms with van der Waals surface area (Å²) in [6, 6.07) is 16.6. The Morgan fingerprint density at radius 2 is 1.72 bits per heavy atom. The number of benzene rings is 2. The molecule has 0 radical (unpaired) electrons. The fraction of sp³-hybridized carbons (Fsp3) is 0.345. The summed E-state index contributed by atoms with van der Waals surface area (Å²) in [5.41, 5.74) is 5.51. The van der Waals surface area contributed by atoms with E-state index in [0.29, 0.717) is 0 Å². The first-order valence-electron chi connectivity index (χ1n) is 12.6. The molecule has 0 aliphatic carbocycles. The minimum atomic E-state index is -0.137. The maximum Gasteiger partial charge on any atom is 0.179 e. The van der Waals surface area contributed by atoms with Gasteiger partial charge in [-0.25, -0.2) is 0 Å². The molecule has 188 valence electrons. The zero-order valence-corrected chi connectivity index (χ0v) is 21.9. The molecule has 3 aromatic rings. The Morgan fingerprint density at radius 1 is 1.03 bits per heavy atom. The van der Waals surface area contributed by atoms with E-state index in [0.717, 1.165) is 61.1 Å². The van der Waals surface area contributed by atoms with E-state index < -0.39 is 0 Å². The minimum absolute atomic E-state index is 0.137. The van der Waals surface area contributed by atoms with Gasteiger partial charge in [-0.15, -0.1) is 5.10 Å². The van der Waals surface area contributed by atoms with E-state index in [2.05, 4.69) is 105 Å². The van der Waals surface area contributed by atoms with E-state index in [9.17, 15) is 0 Å². The van der Waals surface area contributed by atoms with Gasteiger partial charge in [0.1, 0.15) is 6.04 Å². The molecule has 0 N–H and O–H groups in total. The molecule has 1 saturated heterocycles. The van der Waals surface area contributed by atoms with Crippen LogP contribution < -0.4 is 0 Å². The molecule has 7 heteroatoms. The van der Waals surface area contributed by atoms with E-state index >= 15 is 0 Å². The summed E-state index contributed by atoms with van der Waals surface area (Å²) in [4.78, 5) is 7.01. The average molecular weight is 484 g/mol. The zero-order chi connectivity index (χ0) is 25.5. The summed E-state index contributed by atoms with van der Waals surface area (Å²) in [6.45, 7) is 15.4. The molecule has 2 heterocycles. The van der Waals surface area contributed by atoms with Crippen LogP contribution in [0.4, 0.5) is 0 Å². The minimum Gasteiger partial charge on any atom is -0.353 e. The molecular weight excluding hydrogens is 446 g/mol. The van der Waals surface area contributed by atoms with Crippen molar-refractivity contribution in [3.05, 3.63) is 102 Å². The molecule has 2 aromatic carbocycles. The van der Waals surface area contributed by atoms with Crippen LogP contribution in [0.25, 0.3) is 11.8 Å². The van der Waals surface area contributed by atoms with Crippen molar-refractivity contribution in [1.82, 2.24) is 34.9 Å². The lowest BCUT2D eigenvalue weighted by Crippen LogP contribution is -2.49. The van der Waals surface area contributed by atoms with Crippen LogP contribution >= 0.6 is 0 Å². The highest BCUT2D eigenvalue weighted by Gasteiger charge is 2.33. The summed E-state index contributed by atoms with van der Waals surface area (Å²) in [5.74, 6) is 0.797. The van der Waals surface area contributed by atoms with Gasteiger partial charge in [-0.2, -0.15) is 4.68 Å². The standard InChI is InChI=1S/C29H37N7/c1-6-17-33(5)25(4)28(29-30-31-32-36(29)27-23(2)12-10-13-24(27)3)35-21-19-34(20-22-35)18-11-16-26-14-8-7-9-15-26/h6-17,28H,4,18-22H2,1-3,5H3/b16-11+,17-6-/t28-/m0/s1. The van der Waals surface area contributed by atoms with Crippen LogP contribution in [0.5, 0.6) is 0 Å². The predicted molar refractivity (Wildman–Crippen MR) is 147 cm³/mol. The number of hydrogen-bond donors (Lipinski definition) is 0. The van der Waals surface area contributed by atoms with Crippen LogP contribution in [0.15, 0.2) is 79.2 Å². The Hall–Kier alpha value is -3.55. The number of likely N-dealkylation sites (N-methyl/N-ethyl adjacent to an activating group) is 1.